The molecule has 0 atom stereocenters. The van der Waals surface area contributed by atoms with Crippen molar-refractivity contribution >= 4 is 17.5 Å². The van der Waals surface area contributed by atoms with Gasteiger partial charge >= 0.3 is 0 Å². The Kier molecular flexibility index (Phi) is 7.05. The highest BCUT2D eigenvalue weighted by atomic mass is 35.5. The van der Waals surface area contributed by atoms with Crippen molar-refractivity contribution in [1.82, 2.24) is 9.80 Å². The fourth-order valence-electron chi connectivity index (χ4n) is 1.92. The second kappa shape index (κ2) is 8.56. The summed E-state index contributed by atoms with van der Waals surface area (Å²) in [5.41, 5.74) is 1.09. The Hall–Kier alpha value is -1.58. The molecule has 0 aliphatic carbocycles. The van der Waals surface area contributed by atoms with Crippen molar-refractivity contribution in [2.75, 3.05) is 26.7 Å². The van der Waals surface area contributed by atoms with E-state index in [2.05, 4.69) is 13.2 Å². The van der Waals surface area contributed by atoms with E-state index in [9.17, 15) is 4.79 Å². The molecule has 1 rings (SSSR count). The topological polar surface area (TPSA) is 23.6 Å². The summed E-state index contributed by atoms with van der Waals surface area (Å²) in [7, 11) is 1.92. The molecule has 108 valence electrons. The Labute approximate surface area is 126 Å². The second-order valence-electron chi connectivity index (χ2n) is 4.68. The molecule has 1 aromatic rings. The average molecular weight is 293 g/mol. The normalized spacial score (nSPS) is 10.3. The van der Waals surface area contributed by atoms with Gasteiger partial charge in [0.25, 0.3) is 0 Å². The third-order valence-electron chi connectivity index (χ3n) is 2.80. The second-order valence-corrected chi connectivity index (χ2v) is 5.11. The molecule has 4 heteroatoms. The fraction of sp³-hybridized carbons (Fsp3) is 0.312. The Morgan fingerprint density at radius 3 is 2.50 bits per heavy atom. The number of amides is 1. The first-order chi connectivity index (χ1) is 9.56. The summed E-state index contributed by atoms with van der Waals surface area (Å²) in [6.07, 6.45) is 3.44. The van der Waals surface area contributed by atoms with Gasteiger partial charge in [-0.1, -0.05) is 35.9 Å². The van der Waals surface area contributed by atoms with Gasteiger partial charge in [0.1, 0.15) is 0 Å². The van der Waals surface area contributed by atoms with Gasteiger partial charge in [-0.15, -0.1) is 13.2 Å². The molecule has 0 spiro atoms. The van der Waals surface area contributed by atoms with Crippen LogP contribution in [0.5, 0.6) is 0 Å². The van der Waals surface area contributed by atoms with Crippen molar-refractivity contribution < 1.29 is 4.79 Å². The predicted octanol–water partition coefficient (Wildman–Crippen LogP) is 2.97. The lowest BCUT2D eigenvalue weighted by Gasteiger charge is -2.23. The van der Waals surface area contributed by atoms with Crippen LogP contribution in [0.2, 0.25) is 5.02 Å². The minimum absolute atomic E-state index is 0.0642. The van der Waals surface area contributed by atoms with Gasteiger partial charge in [0.2, 0.25) is 5.91 Å². The van der Waals surface area contributed by atoms with Gasteiger partial charge in [-0.25, -0.2) is 0 Å². The SMILES string of the molecule is C=CCN(CC=C)C(=O)CN(C)Cc1cccc(Cl)c1. The molecular formula is C16H21ClN2O. The Morgan fingerprint density at radius 2 is 1.95 bits per heavy atom. The summed E-state index contributed by atoms with van der Waals surface area (Å²) in [6, 6.07) is 7.66. The van der Waals surface area contributed by atoms with Crippen molar-refractivity contribution in [2.24, 2.45) is 0 Å². The minimum atomic E-state index is 0.0642. The molecule has 0 bridgehead atoms. The molecule has 0 saturated carbocycles. The van der Waals surface area contributed by atoms with Crippen LogP contribution < -0.4 is 0 Å². The third kappa shape index (κ3) is 5.59. The lowest BCUT2D eigenvalue weighted by atomic mass is 10.2. The van der Waals surface area contributed by atoms with Crippen molar-refractivity contribution in [1.29, 1.82) is 0 Å². The standard InChI is InChI=1S/C16H21ClN2O/c1-4-9-19(10-5-2)16(20)13-18(3)12-14-7-6-8-15(17)11-14/h4-8,11H,1-2,9-10,12-13H2,3H3. The van der Waals surface area contributed by atoms with E-state index < -0.39 is 0 Å². The Morgan fingerprint density at radius 1 is 1.30 bits per heavy atom. The predicted molar refractivity (Wildman–Crippen MR) is 84.8 cm³/mol. The highest BCUT2D eigenvalue weighted by Crippen LogP contribution is 2.12. The van der Waals surface area contributed by atoms with Gasteiger partial charge in [0.05, 0.1) is 6.54 Å². The van der Waals surface area contributed by atoms with E-state index in [-0.39, 0.29) is 5.91 Å². The quantitative estimate of drug-likeness (QED) is 0.688. The highest BCUT2D eigenvalue weighted by Gasteiger charge is 2.13. The van der Waals surface area contributed by atoms with Gasteiger partial charge in [0.15, 0.2) is 0 Å². The first kappa shape index (κ1) is 16.5. The zero-order valence-electron chi connectivity index (χ0n) is 11.9. The number of benzene rings is 1. The maximum Gasteiger partial charge on any atom is 0.237 e. The third-order valence-corrected chi connectivity index (χ3v) is 3.03. The van der Waals surface area contributed by atoms with E-state index in [1.807, 2.05) is 36.2 Å². The monoisotopic (exact) mass is 292 g/mol. The molecule has 0 aliphatic heterocycles. The van der Waals surface area contributed by atoms with Crippen LogP contribution in [0.4, 0.5) is 0 Å². The molecule has 0 heterocycles. The molecule has 3 nitrogen and oxygen atoms in total. The van der Waals surface area contributed by atoms with Crippen LogP contribution in [-0.2, 0) is 11.3 Å². The number of hydrogen-bond donors (Lipinski definition) is 0. The van der Waals surface area contributed by atoms with Crippen LogP contribution in [0.1, 0.15) is 5.56 Å². The van der Waals surface area contributed by atoms with Gasteiger partial charge in [-0.3, -0.25) is 9.69 Å². The number of hydrogen-bond acceptors (Lipinski definition) is 2. The number of carbonyl (C=O) groups excluding carboxylic acids is 1. The molecular weight excluding hydrogens is 272 g/mol. The van der Waals surface area contributed by atoms with E-state index in [1.165, 1.54) is 0 Å². The summed E-state index contributed by atoms with van der Waals surface area (Å²) in [6.45, 7) is 9.44. The van der Waals surface area contributed by atoms with E-state index in [0.29, 0.717) is 31.2 Å². The lowest BCUT2D eigenvalue weighted by molar-refractivity contribution is -0.131. The van der Waals surface area contributed by atoms with Crippen LogP contribution >= 0.6 is 11.6 Å². The van der Waals surface area contributed by atoms with Crippen LogP contribution in [0.25, 0.3) is 0 Å². The van der Waals surface area contributed by atoms with E-state index in [1.54, 1.807) is 17.1 Å². The Bertz CT molecular complexity index is 463. The molecule has 0 radical (unpaired) electrons. The summed E-state index contributed by atoms with van der Waals surface area (Å²) >= 11 is 5.95. The maximum atomic E-state index is 12.2. The number of nitrogens with zero attached hydrogens (tertiary/aromatic N) is 2. The molecule has 20 heavy (non-hydrogen) atoms. The average Bonchev–Trinajstić information content (AvgIpc) is 2.38. The molecule has 0 aromatic heterocycles. The summed E-state index contributed by atoms with van der Waals surface area (Å²) in [5.74, 6) is 0.0642. The number of carbonyl (C=O) groups is 1. The Balaban J connectivity index is 2.55. The van der Waals surface area contributed by atoms with Gasteiger partial charge in [0, 0.05) is 24.7 Å². The summed E-state index contributed by atoms with van der Waals surface area (Å²) < 4.78 is 0. The number of halogens is 1. The van der Waals surface area contributed by atoms with Crippen LogP contribution in [-0.4, -0.2) is 42.4 Å². The fourth-order valence-corrected chi connectivity index (χ4v) is 2.14. The van der Waals surface area contributed by atoms with E-state index in [0.717, 1.165) is 5.56 Å². The van der Waals surface area contributed by atoms with Gasteiger partial charge < -0.3 is 4.90 Å². The molecule has 0 aliphatic rings. The first-order valence-electron chi connectivity index (χ1n) is 6.49. The largest absolute Gasteiger partial charge is 0.334 e. The van der Waals surface area contributed by atoms with Gasteiger partial charge in [-0.05, 0) is 24.7 Å². The summed E-state index contributed by atoms with van der Waals surface area (Å²) in [4.78, 5) is 15.8. The summed E-state index contributed by atoms with van der Waals surface area (Å²) in [5, 5.41) is 0.710. The maximum absolute atomic E-state index is 12.2. The van der Waals surface area contributed by atoms with Crippen LogP contribution in [0, 0.1) is 0 Å². The van der Waals surface area contributed by atoms with E-state index >= 15 is 0 Å². The molecule has 1 amide bonds. The molecule has 1 aromatic carbocycles. The zero-order chi connectivity index (χ0) is 15.0. The lowest BCUT2D eigenvalue weighted by Crippen LogP contribution is -2.39. The van der Waals surface area contributed by atoms with Crippen molar-refractivity contribution in [3.8, 4) is 0 Å². The number of rotatable bonds is 8. The first-order valence-corrected chi connectivity index (χ1v) is 6.87. The zero-order valence-corrected chi connectivity index (χ0v) is 12.6. The van der Waals surface area contributed by atoms with E-state index in [4.69, 9.17) is 11.6 Å². The van der Waals surface area contributed by atoms with Crippen molar-refractivity contribution in [3.05, 3.63) is 60.2 Å². The molecule has 0 N–H and O–H groups in total. The highest BCUT2D eigenvalue weighted by molar-refractivity contribution is 6.30. The molecule has 0 fully saturated rings. The molecule has 0 unspecified atom stereocenters. The van der Waals surface area contributed by atoms with Crippen molar-refractivity contribution in [3.63, 3.8) is 0 Å². The smallest absolute Gasteiger partial charge is 0.237 e. The van der Waals surface area contributed by atoms with Gasteiger partial charge in [-0.2, -0.15) is 0 Å². The number of likely N-dealkylation sites (N-methyl/N-ethyl adjacent to an activating group) is 1. The van der Waals surface area contributed by atoms with Crippen molar-refractivity contribution in [2.45, 2.75) is 6.54 Å². The van der Waals surface area contributed by atoms with Crippen LogP contribution in [0.3, 0.4) is 0 Å². The van der Waals surface area contributed by atoms with Crippen LogP contribution in [0.15, 0.2) is 49.6 Å². The minimum Gasteiger partial charge on any atom is -0.334 e. The molecule has 0 saturated heterocycles.